The number of amides is 1. The van der Waals surface area contributed by atoms with Crippen LogP contribution in [-0.4, -0.2) is 204 Å². The van der Waals surface area contributed by atoms with Gasteiger partial charge in [-0.2, -0.15) is 0 Å². The number of aryl methyl sites for hydroxylation is 6. The van der Waals surface area contributed by atoms with E-state index >= 15 is 0 Å². The van der Waals surface area contributed by atoms with E-state index in [9.17, 15) is 19.7 Å². The van der Waals surface area contributed by atoms with Crippen molar-refractivity contribution >= 4 is 136 Å². The maximum atomic E-state index is 12.3. The van der Waals surface area contributed by atoms with Crippen LogP contribution in [0.15, 0.2) is 159 Å². The van der Waals surface area contributed by atoms with Crippen LogP contribution in [0.25, 0.3) is 66.5 Å². The number of ether oxygens (including phenoxy) is 3. The van der Waals surface area contributed by atoms with Crippen LogP contribution in [0.5, 0.6) is 17.2 Å². The van der Waals surface area contributed by atoms with Crippen molar-refractivity contribution in [3.63, 3.8) is 0 Å². The molecule has 117 heavy (non-hydrogen) atoms. The molecule has 0 radical (unpaired) electrons. The van der Waals surface area contributed by atoms with Crippen molar-refractivity contribution in [2.24, 2.45) is 0 Å². The van der Waals surface area contributed by atoms with Gasteiger partial charge in [0.2, 0.25) is 29.0 Å². The van der Waals surface area contributed by atoms with Gasteiger partial charge >= 0.3 is 0 Å². The molecular formula is C87H103Cl2N21O7. The highest BCUT2D eigenvalue weighted by Crippen LogP contribution is 2.44. The number of anilines is 11. The van der Waals surface area contributed by atoms with E-state index in [4.69, 9.17) is 70.4 Å². The van der Waals surface area contributed by atoms with Crippen molar-refractivity contribution in [1.29, 1.82) is 0 Å². The minimum Gasteiger partial charge on any atom is -0.494 e. The molecule has 0 spiro atoms. The van der Waals surface area contributed by atoms with E-state index in [0.29, 0.717) is 94.5 Å². The average molecular weight is 1630 g/mol. The summed E-state index contributed by atoms with van der Waals surface area (Å²) in [7, 11) is 14.6. The first-order valence-electron chi connectivity index (χ1n) is 42.7. The molecule has 612 valence electrons. The Morgan fingerprint density at radius 1 is 0.547 bits per heavy atom. The Labute approximate surface area is 705 Å². The van der Waals surface area contributed by atoms with E-state index < -0.39 is 25.9 Å². The van der Waals surface area contributed by atoms with E-state index in [0.717, 1.165) is 103 Å². The Balaban J connectivity index is 0.000000166. The molecule has 0 saturated carbocycles. The van der Waals surface area contributed by atoms with Gasteiger partial charge in [-0.25, -0.2) is 29.9 Å². The summed E-state index contributed by atoms with van der Waals surface area (Å²) in [5.41, 5.74) is 23.8. The van der Waals surface area contributed by atoms with E-state index in [-0.39, 0.29) is 48.8 Å². The van der Waals surface area contributed by atoms with Gasteiger partial charge in [-0.05, 0) is 145 Å². The number of alkyl halides is 1. The predicted molar refractivity (Wildman–Crippen MR) is 474 cm³/mol. The molecule has 28 nitrogen and oxygen atoms in total. The number of rotatable bonds is 29. The second-order valence-corrected chi connectivity index (χ2v) is 29.4. The molecule has 0 unspecified atom stereocenters. The third-order valence-corrected chi connectivity index (χ3v) is 20.8. The van der Waals surface area contributed by atoms with Gasteiger partial charge in [0.05, 0.1) is 99.7 Å². The van der Waals surface area contributed by atoms with Crippen molar-refractivity contribution in [2.75, 3.05) is 171 Å². The summed E-state index contributed by atoms with van der Waals surface area (Å²) in [6.45, 7) is 1.87. The molecule has 15 rings (SSSR count). The lowest BCUT2D eigenvalue weighted by Gasteiger charge is -2.26. The van der Waals surface area contributed by atoms with Crippen LogP contribution in [-0.2, 0) is 48.5 Å². The number of methoxy groups -OCH3 is 3. The number of hydrogen-bond donors (Lipinski definition) is 5. The van der Waals surface area contributed by atoms with Crippen LogP contribution in [0.2, 0.25) is 0 Å². The van der Waals surface area contributed by atoms with Crippen molar-refractivity contribution < 1.29 is 41.1 Å². The number of halogens is 2. The van der Waals surface area contributed by atoms with Gasteiger partial charge in [0, 0.05) is 199 Å². The Morgan fingerprint density at radius 3 is 1.29 bits per heavy atom. The fourth-order valence-corrected chi connectivity index (χ4v) is 15.0. The lowest BCUT2D eigenvalue weighted by Crippen LogP contribution is -2.29. The first-order valence-corrected chi connectivity index (χ1v) is 39.1. The molecule has 0 aliphatic carbocycles. The van der Waals surface area contributed by atoms with Gasteiger partial charge in [0.1, 0.15) is 22.9 Å². The van der Waals surface area contributed by atoms with Gasteiger partial charge < -0.3 is 84.3 Å². The lowest BCUT2D eigenvalue weighted by atomic mass is 10.0. The van der Waals surface area contributed by atoms with Gasteiger partial charge in [0.25, 0.3) is 5.69 Å². The summed E-state index contributed by atoms with van der Waals surface area (Å²) >= 11 is 9.95. The largest absolute Gasteiger partial charge is 0.494 e. The third kappa shape index (κ3) is 20.1. The summed E-state index contributed by atoms with van der Waals surface area (Å²) in [4.78, 5) is 70.5. The standard InChI is InChI=1S/C30H35N7O2.C27H31N7O3.C27H33N7O.C3H4Cl2O/c1-6-28(38)32-24-17-25(27(39-5)18-26(24)36(4)16-15-35(2)3)34-30-31-13-12-23(33-30)22-19-37-14-8-10-20-9-7-11-21(22)29(20)37;1-31(2)13-14-32(3)23-16-25(37-4)22(15-24(23)34(35)36)30-27-28-11-10-21(29-27)20-17-33-12-6-8-18-7-5-9-19(20)26(18)33;1-32(2)13-14-33(3)24-16-25(35-4)23(15-21(24)28)31-27-29-11-10-22(30-27)20-17-34-12-6-8-18-7-5-9-19(20)26(18)34;4-2-1-3(5)6/h6-7,9,11-13,17-19H,1,8,10,14-16H2,2-5H3,(H,32,38)(H,31,33,34);5,7,9-11,15-17H,6,8,12-14H2,1-4H3,(H,28,29,30);5,7,9-11,15-17H,6,8,12-14,28H2,1-4H3,(H,29,30,31);1-2H2/i2D3;2*1D3;. The number of likely N-dealkylation sites (N-methyl/N-ethyl adjacent to an activating group) is 6. The second-order valence-electron chi connectivity index (χ2n) is 28.6. The first kappa shape index (κ1) is 72.6. The molecule has 3 aliphatic rings. The molecule has 6 N–H and O–H groups in total. The molecule has 0 bridgehead atoms. The number of nitro groups is 1. The quantitative estimate of drug-likeness (QED) is 0.00727. The fraction of sp³-hybridized carbons (Fsp3) is 0.333. The number of hydrogen-bond acceptors (Lipinski definition) is 23. The molecule has 30 heteroatoms. The molecule has 1 amide bonds. The predicted octanol–water partition coefficient (Wildman–Crippen LogP) is 15.4. The van der Waals surface area contributed by atoms with Crippen molar-refractivity contribution in [2.45, 2.75) is 64.6 Å². The van der Waals surface area contributed by atoms with E-state index in [1.54, 1.807) is 83.1 Å². The highest BCUT2D eigenvalue weighted by Gasteiger charge is 2.27. The number of nitro benzene ring substituents is 1. The number of carbonyl (C=O) groups excluding carboxylic acids is 2. The maximum absolute atomic E-state index is 12.3. The van der Waals surface area contributed by atoms with Crippen LogP contribution >= 0.6 is 23.2 Å². The minimum absolute atomic E-state index is 0.160. The van der Waals surface area contributed by atoms with E-state index in [1.165, 1.54) is 85.0 Å². The van der Waals surface area contributed by atoms with Crippen molar-refractivity contribution in [1.82, 2.24) is 58.3 Å². The third-order valence-electron chi connectivity index (χ3n) is 20.5. The Bertz CT molecular complexity index is 5950. The second kappa shape index (κ2) is 38.6. The lowest BCUT2D eigenvalue weighted by molar-refractivity contribution is -0.384. The molecule has 6 aromatic carbocycles. The molecule has 9 heterocycles. The van der Waals surface area contributed by atoms with Gasteiger partial charge in [-0.15, -0.1) is 11.6 Å². The number of benzene rings is 6. The molecule has 3 aliphatic heterocycles. The molecule has 12 aromatic rings. The Kier molecular flexibility index (Phi) is 23.9. The van der Waals surface area contributed by atoms with Crippen LogP contribution < -0.4 is 55.9 Å². The normalized spacial score (nSPS) is 13.9. The fourth-order valence-electron chi connectivity index (χ4n) is 14.7. The maximum Gasteiger partial charge on any atom is 0.294 e. The van der Waals surface area contributed by atoms with Crippen LogP contribution in [0.3, 0.4) is 0 Å². The molecule has 0 fully saturated rings. The molecule has 0 saturated heterocycles. The topological polar surface area (TPSA) is 291 Å². The summed E-state index contributed by atoms with van der Waals surface area (Å²) in [6.07, 6.45) is 19.6. The van der Waals surface area contributed by atoms with E-state index in [1.807, 2.05) is 48.2 Å². The summed E-state index contributed by atoms with van der Waals surface area (Å²) in [5.74, 6) is 2.46. The number of carbonyl (C=O) groups is 2. The zero-order chi connectivity index (χ0) is 90.6. The van der Waals surface area contributed by atoms with Crippen molar-refractivity contribution in [3.8, 4) is 51.0 Å². The number of nitrogens with zero attached hydrogens (tertiary/aromatic N) is 16. The number of nitrogens with two attached hydrogens (primary N) is 1. The number of para-hydroxylation sites is 3. The average Bonchev–Trinajstić information content (AvgIpc) is 1.62. The summed E-state index contributed by atoms with van der Waals surface area (Å²) < 4.78 is 91.8. The molecule has 6 aromatic heterocycles. The number of nitrogen functional groups attached to an aromatic ring is 1. The highest BCUT2D eigenvalue weighted by molar-refractivity contribution is 6.63. The molecule has 0 atom stereocenters. The molecular weight excluding hydrogens is 1520 g/mol. The summed E-state index contributed by atoms with van der Waals surface area (Å²) in [6, 6.07) is 35.0. The van der Waals surface area contributed by atoms with Gasteiger partial charge in [-0.1, -0.05) is 61.2 Å². The summed E-state index contributed by atoms with van der Waals surface area (Å²) in [5, 5.41) is 27.6. The smallest absolute Gasteiger partial charge is 0.294 e. The van der Waals surface area contributed by atoms with Gasteiger partial charge in [-0.3, -0.25) is 19.7 Å². The zero-order valence-electron chi connectivity index (χ0n) is 76.0. The monoisotopic (exact) mass is 1630 g/mol. The highest BCUT2D eigenvalue weighted by atomic mass is 35.5. The van der Waals surface area contributed by atoms with Crippen molar-refractivity contribution in [3.05, 3.63) is 186 Å². The van der Waals surface area contributed by atoms with Crippen LogP contribution in [0, 0.1) is 10.1 Å². The first-order chi connectivity index (χ1) is 60.1. The Morgan fingerprint density at radius 2 is 0.923 bits per heavy atom. The van der Waals surface area contributed by atoms with Gasteiger partial charge in [0.15, 0.2) is 0 Å². The number of nitrogens with one attached hydrogen (secondary N) is 4. The zero-order valence-corrected chi connectivity index (χ0v) is 68.5. The number of aromatic nitrogens is 9. The van der Waals surface area contributed by atoms with Crippen LogP contribution in [0.4, 0.5) is 69.0 Å². The Hall–Kier alpha value is -12.1. The van der Waals surface area contributed by atoms with Crippen LogP contribution in [0.1, 0.15) is 54.7 Å². The van der Waals surface area contributed by atoms with E-state index in [2.05, 4.69) is 130 Å². The SMILES string of the molecule is O=C(Cl)CCCl.[2H]C([2H])([2H])N(C)CCN(C)c1cc(OC)c(Nc2nccc(-c3cn4c5c(cccc35)CCC4)n2)cc1N.[2H]C([2H])([2H])N(C)CCN(C)c1cc(OC)c(Nc2nccc(-c3cn4c5c(cccc35)CCC4)n2)cc1NC(=O)C=C.[2H]C([2H])([2H])N(C)CCN(C)c1cc(OC)c(Nc2nccc(-c3cn4c5c(cccc35)CCC4)n2)cc1[N+](=O)[O-]. The minimum atomic E-state index is -2.25.